The number of rotatable bonds is 4. The normalized spacial score (nSPS) is 10.4. The average Bonchev–Trinajstić information content (AvgIpc) is 2.96. The number of halogens is 1. The minimum atomic E-state index is 0.539. The maximum absolute atomic E-state index is 5.87. The Morgan fingerprint density at radius 3 is 2.50 bits per heavy atom. The first kappa shape index (κ1) is 12.7. The fourth-order valence-corrected chi connectivity index (χ4v) is 1.92. The van der Waals surface area contributed by atoms with Gasteiger partial charge < -0.3 is 9.73 Å². The predicted molar refractivity (Wildman–Crippen MR) is 78.5 cm³/mol. The third kappa shape index (κ3) is 2.97. The van der Waals surface area contributed by atoms with Crippen LogP contribution in [0.2, 0.25) is 5.02 Å². The molecule has 0 bridgehead atoms. The van der Waals surface area contributed by atoms with Crippen LogP contribution in [0.5, 0.6) is 0 Å². The molecule has 0 spiro atoms. The summed E-state index contributed by atoms with van der Waals surface area (Å²) in [6.07, 6.45) is 3.38. The van der Waals surface area contributed by atoms with Crippen LogP contribution in [-0.4, -0.2) is 9.97 Å². The molecular weight excluding hydrogens is 274 g/mol. The topological polar surface area (TPSA) is 51.0 Å². The highest BCUT2D eigenvalue weighted by atomic mass is 35.5. The minimum absolute atomic E-state index is 0.539. The Morgan fingerprint density at radius 2 is 1.75 bits per heavy atom. The molecule has 3 aromatic rings. The molecule has 2 heterocycles. The van der Waals surface area contributed by atoms with Gasteiger partial charge in [-0.15, -0.1) is 0 Å². The number of furan rings is 1. The Labute approximate surface area is 121 Å². The van der Waals surface area contributed by atoms with Gasteiger partial charge in [0, 0.05) is 23.0 Å². The fraction of sp³-hybridized carbons (Fsp3) is 0.0667. The number of hydrogen-bond donors (Lipinski definition) is 1. The van der Waals surface area contributed by atoms with Gasteiger partial charge in [0.2, 0.25) is 5.95 Å². The zero-order valence-corrected chi connectivity index (χ0v) is 11.3. The van der Waals surface area contributed by atoms with Crippen molar-refractivity contribution in [1.82, 2.24) is 9.97 Å². The minimum Gasteiger partial charge on any atom is -0.459 e. The summed E-state index contributed by atoms with van der Waals surface area (Å²) in [5.74, 6) is 2.21. The largest absolute Gasteiger partial charge is 0.459 e. The molecule has 0 unspecified atom stereocenters. The Hall–Kier alpha value is -2.33. The lowest BCUT2D eigenvalue weighted by Crippen LogP contribution is -2.01. The molecule has 1 aromatic carbocycles. The van der Waals surface area contributed by atoms with Gasteiger partial charge in [-0.3, -0.25) is 0 Å². The van der Waals surface area contributed by atoms with Gasteiger partial charge in [-0.1, -0.05) is 11.6 Å². The van der Waals surface area contributed by atoms with E-state index < -0.39 is 0 Å². The van der Waals surface area contributed by atoms with Crippen LogP contribution in [0.4, 0.5) is 5.95 Å². The summed E-state index contributed by atoms with van der Waals surface area (Å²) in [6, 6.07) is 13.2. The molecule has 0 radical (unpaired) electrons. The van der Waals surface area contributed by atoms with Crippen LogP contribution in [0.3, 0.4) is 0 Å². The maximum Gasteiger partial charge on any atom is 0.222 e. The molecule has 0 atom stereocenters. The highest BCUT2D eigenvalue weighted by molar-refractivity contribution is 6.30. The third-order valence-electron chi connectivity index (χ3n) is 2.78. The summed E-state index contributed by atoms with van der Waals surface area (Å²) < 4.78 is 5.77. The lowest BCUT2D eigenvalue weighted by molar-refractivity contribution is 0.531. The van der Waals surface area contributed by atoms with Crippen molar-refractivity contribution in [2.24, 2.45) is 0 Å². The number of aromatic nitrogens is 2. The quantitative estimate of drug-likeness (QED) is 0.787. The van der Waals surface area contributed by atoms with Gasteiger partial charge in [0.05, 0.1) is 6.54 Å². The van der Waals surface area contributed by atoms with Crippen molar-refractivity contribution in [3.63, 3.8) is 0 Å². The van der Waals surface area contributed by atoms with Crippen LogP contribution in [0, 0.1) is 0 Å². The zero-order chi connectivity index (χ0) is 13.8. The van der Waals surface area contributed by atoms with Crippen molar-refractivity contribution in [3.8, 4) is 11.3 Å². The summed E-state index contributed by atoms with van der Waals surface area (Å²) in [6.45, 7) is 0.539. The molecule has 0 aliphatic carbocycles. The Morgan fingerprint density at radius 1 is 1.00 bits per heavy atom. The molecule has 1 N–H and O–H groups in total. The Bertz CT molecular complexity index is 680. The Kier molecular flexibility index (Phi) is 3.65. The molecule has 0 saturated heterocycles. The summed E-state index contributed by atoms with van der Waals surface area (Å²) in [5.41, 5.74) is 0.997. The van der Waals surface area contributed by atoms with Gasteiger partial charge in [-0.05, 0) is 42.5 Å². The molecular formula is C15H12ClN3O. The molecule has 0 fully saturated rings. The van der Waals surface area contributed by atoms with E-state index in [9.17, 15) is 0 Å². The van der Waals surface area contributed by atoms with Crippen molar-refractivity contribution in [1.29, 1.82) is 0 Å². The number of nitrogens with zero attached hydrogens (tertiary/aromatic N) is 2. The van der Waals surface area contributed by atoms with E-state index in [1.54, 1.807) is 18.5 Å². The zero-order valence-electron chi connectivity index (χ0n) is 10.6. The summed E-state index contributed by atoms with van der Waals surface area (Å²) in [7, 11) is 0. The van der Waals surface area contributed by atoms with E-state index in [0.29, 0.717) is 17.5 Å². The van der Waals surface area contributed by atoms with Crippen molar-refractivity contribution in [2.75, 3.05) is 5.32 Å². The molecule has 20 heavy (non-hydrogen) atoms. The molecule has 3 rings (SSSR count). The molecule has 0 aliphatic rings. The molecule has 4 nitrogen and oxygen atoms in total. The van der Waals surface area contributed by atoms with E-state index >= 15 is 0 Å². The average molecular weight is 286 g/mol. The van der Waals surface area contributed by atoms with Gasteiger partial charge in [-0.2, -0.15) is 0 Å². The first-order chi connectivity index (χ1) is 9.81. The second-order valence-electron chi connectivity index (χ2n) is 4.20. The number of anilines is 1. The van der Waals surface area contributed by atoms with Crippen LogP contribution in [0.15, 0.2) is 59.3 Å². The second-order valence-corrected chi connectivity index (χ2v) is 4.64. The molecule has 2 aromatic heterocycles. The lowest BCUT2D eigenvalue weighted by Gasteiger charge is -2.01. The fourth-order valence-electron chi connectivity index (χ4n) is 1.80. The van der Waals surface area contributed by atoms with Crippen LogP contribution in [0.1, 0.15) is 5.76 Å². The number of hydrogen-bond acceptors (Lipinski definition) is 4. The van der Waals surface area contributed by atoms with Crippen LogP contribution >= 0.6 is 11.6 Å². The number of benzene rings is 1. The number of nitrogens with one attached hydrogen (secondary N) is 1. The first-order valence-electron chi connectivity index (χ1n) is 6.17. The first-order valence-corrected chi connectivity index (χ1v) is 6.54. The molecule has 0 amide bonds. The van der Waals surface area contributed by atoms with E-state index in [1.165, 1.54) is 0 Å². The summed E-state index contributed by atoms with van der Waals surface area (Å²) in [4.78, 5) is 8.18. The lowest BCUT2D eigenvalue weighted by atomic mass is 10.2. The van der Waals surface area contributed by atoms with Gasteiger partial charge >= 0.3 is 0 Å². The molecule has 5 heteroatoms. The van der Waals surface area contributed by atoms with Crippen LogP contribution < -0.4 is 5.32 Å². The predicted octanol–water partition coefficient (Wildman–Crippen LogP) is 4.00. The highest BCUT2D eigenvalue weighted by Gasteiger charge is 2.05. The smallest absolute Gasteiger partial charge is 0.222 e. The van der Waals surface area contributed by atoms with Crippen LogP contribution in [0.25, 0.3) is 11.3 Å². The molecule has 100 valence electrons. The van der Waals surface area contributed by atoms with Crippen LogP contribution in [-0.2, 0) is 6.54 Å². The van der Waals surface area contributed by atoms with Crippen molar-refractivity contribution >= 4 is 17.5 Å². The van der Waals surface area contributed by atoms with Gasteiger partial charge in [0.1, 0.15) is 11.5 Å². The van der Waals surface area contributed by atoms with E-state index in [1.807, 2.05) is 36.4 Å². The molecule has 0 aliphatic heterocycles. The standard InChI is InChI=1S/C15H12ClN3O/c16-12-4-2-11(3-5-12)14-7-6-13(20-14)10-19-15-17-8-1-9-18-15/h1-9H,10H2,(H,17,18,19). The van der Waals surface area contributed by atoms with E-state index in [0.717, 1.165) is 17.1 Å². The van der Waals surface area contributed by atoms with Gasteiger partial charge in [0.15, 0.2) is 0 Å². The van der Waals surface area contributed by atoms with E-state index in [-0.39, 0.29) is 0 Å². The summed E-state index contributed by atoms with van der Waals surface area (Å²) >= 11 is 5.87. The maximum atomic E-state index is 5.87. The summed E-state index contributed by atoms with van der Waals surface area (Å²) in [5, 5.41) is 3.81. The van der Waals surface area contributed by atoms with Crippen molar-refractivity contribution in [2.45, 2.75) is 6.54 Å². The van der Waals surface area contributed by atoms with E-state index in [2.05, 4.69) is 15.3 Å². The monoisotopic (exact) mass is 285 g/mol. The Balaban J connectivity index is 1.69. The molecule has 0 saturated carbocycles. The van der Waals surface area contributed by atoms with Crippen molar-refractivity contribution in [3.05, 3.63) is 65.6 Å². The van der Waals surface area contributed by atoms with Crippen molar-refractivity contribution < 1.29 is 4.42 Å². The third-order valence-corrected chi connectivity index (χ3v) is 3.03. The van der Waals surface area contributed by atoms with Gasteiger partial charge in [0.25, 0.3) is 0 Å². The second kappa shape index (κ2) is 5.75. The van der Waals surface area contributed by atoms with E-state index in [4.69, 9.17) is 16.0 Å². The van der Waals surface area contributed by atoms with Gasteiger partial charge in [-0.25, -0.2) is 9.97 Å². The highest BCUT2D eigenvalue weighted by Crippen LogP contribution is 2.24. The SMILES string of the molecule is Clc1ccc(-c2ccc(CNc3ncccn3)o2)cc1.